The Kier molecular flexibility index (Phi) is 5.34. The van der Waals surface area contributed by atoms with Crippen LogP contribution >= 0.6 is 0 Å². The van der Waals surface area contributed by atoms with Crippen molar-refractivity contribution in [2.75, 3.05) is 44.9 Å². The first kappa shape index (κ1) is 18.6. The van der Waals surface area contributed by atoms with Crippen molar-refractivity contribution in [2.24, 2.45) is 0 Å². The lowest BCUT2D eigenvalue weighted by Crippen LogP contribution is -2.52. The molecule has 4 rings (SSSR count). The number of amides is 1. The standard InChI is InChI=1S/C21H23FN2O4/c1-26-18-7-6-16(22)12-15(18)13-24-14-20(21(25)23-8-10-27-11-9-23)28-19-5-3-2-4-17(19)24/h2-7,12,20H,8-11,13-14H2,1H3. The number of ether oxygens (including phenoxy) is 3. The molecule has 1 unspecified atom stereocenters. The van der Waals surface area contributed by atoms with Crippen molar-refractivity contribution >= 4 is 11.6 Å². The number of carbonyl (C=O) groups excluding carboxylic acids is 1. The molecule has 0 spiro atoms. The van der Waals surface area contributed by atoms with Crippen LogP contribution < -0.4 is 14.4 Å². The molecule has 2 aromatic carbocycles. The van der Waals surface area contributed by atoms with E-state index in [4.69, 9.17) is 14.2 Å². The Hall–Kier alpha value is -2.80. The van der Waals surface area contributed by atoms with Gasteiger partial charge in [0.05, 0.1) is 32.6 Å². The molecule has 1 fully saturated rings. The summed E-state index contributed by atoms with van der Waals surface area (Å²) in [7, 11) is 1.56. The van der Waals surface area contributed by atoms with Crippen molar-refractivity contribution in [1.82, 2.24) is 4.90 Å². The highest BCUT2D eigenvalue weighted by molar-refractivity contribution is 5.83. The van der Waals surface area contributed by atoms with Gasteiger partial charge in [0.2, 0.25) is 0 Å². The van der Waals surface area contributed by atoms with Crippen LogP contribution in [0.3, 0.4) is 0 Å². The minimum atomic E-state index is -0.618. The van der Waals surface area contributed by atoms with Gasteiger partial charge in [-0.05, 0) is 30.3 Å². The van der Waals surface area contributed by atoms with Crippen LogP contribution in [0.25, 0.3) is 0 Å². The van der Waals surface area contributed by atoms with Crippen LogP contribution in [0.2, 0.25) is 0 Å². The zero-order valence-electron chi connectivity index (χ0n) is 15.8. The van der Waals surface area contributed by atoms with Crippen molar-refractivity contribution in [1.29, 1.82) is 0 Å². The van der Waals surface area contributed by atoms with Gasteiger partial charge in [-0.3, -0.25) is 4.79 Å². The number of methoxy groups -OCH3 is 1. The normalized spacial score (nSPS) is 19.0. The Morgan fingerprint density at radius 2 is 2.00 bits per heavy atom. The smallest absolute Gasteiger partial charge is 0.265 e. The van der Waals surface area contributed by atoms with Gasteiger partial charge < -0.3 is 24.0 Å². The van der Waals surface area contributed by atoms with Crippen molar-refractivity contribution in [3.05, 3.63) is 53.8 Å². The number of para-hydroxylation sites is 2. The maximum Gasteiger partial charge on any atom is 0.265 e. The van der Waals surface area contributed by atoms with E-state index < -0.39 is 6.10 Å². The second-order valence-corrected chi connectivity index (χ2v) is 6.85. The lowest BCUT2D eigenvalue weighted by Gasteiger charge is -2.38. The molecule has 0 bridgehead atoms. The molecule has 2 aromatic rings. The number of benzene rings is 2. The van der Waals surface area contributed by atoms with Gasteiger partial charge in [-0.1, -0.05) is 12.1 Å². The molecular formula is C21H23FN2O4. The number of carbonyl (C=O) groups is 1. The highest BCUT2D eigenvalue weighted by Crippen LogP contribution is 2.35. The third kappa shape index (κ3) is 3.75. The third-order valence-corrected chi connectivity index (χ3v) is 5.06. The molecular weight excluding hydrogens is 363 g/mol. The quantitative estimate of drug-likeness (QED) is 0.808. The van der Waals surface area contributed by atoms with Crippen molar-refractivity contribution in [2.45, 2.75) is 12.6 Å². The van der Waals surface area contributed by atoms with E-state index in [1.807, 2.05) is 29.2 Å². The summed E-state index contributed by atoms with van der Waals surface area (Å²) >= 11 is 0. The van der Waals surface area contributed by atoms with Crippen LogP contribution in [0.4, 0.5) is 10.1 Å². The topological polar surface area (TPSA) is 51.2 Å². The second-order valence-electron chi connectivity index (χ2n) is 6.85. The van der Waals surface area contributed by atoms with Crippen LogP contribution in [0.5, 0.6) is 11.5 Å². The van der Waals surface area contributed by atoms with Crippen LogP contribution in [-0.2, 0) is 16.1 Å². The molecule has 148 valence electrons. The van der Waals surface area contributed by atoms with Crippen molar-refractivity contribution < 1.29 is 23.4 Å². The van der Waals surface area contributed by atoms with E-state index in [-0.39, 0.29) is 11.7 Å². The predicted molar refractivity (Wildman–Crippen MR) is 102 cm³/mol. The van der Waals surface area contributed by atoms with E-state index >= 15 is 0 Å². The van der Waals surface area contributed by atoms with Crippen LogP contribution in [0, 0.1) is 5.82 Å². The highest BCUT2D eigenvalue weighted by atomic mass is 19.1. The number of anilines is 1. The molecule has 2 aliphatic rings. The lowest BCUT2D eigenvalue weighted by molar-refractivity contribution is -0.142. The van der Waals surface area contributed by atoms with E-state index in [0.29, 0.717) is 50.9 Å². The van der Waals surface area contributed by atoms with Crippen LogP contribution in [0.15, 0.2) is 42.5 Å². The number of hydrogen-bond donors (Lipinski definition) is 0. The molecule has 28 heavy (non-hydrogen) atoms. The van der Waals surface area contributed by atoms with E-state index in [0.717, 1.165) is 11.3 Å². The van der Waals surface area contributed by atoms with Gasteiger partial charge in [0.25, 0.3) is 5.91 Å². The number of rotatable bonds is 4. The monoisotopic (exact) mass is 386 g/mol. The summed E-state index contributed by atoms with van der Waals surface area (Å²) in [6, 6.07) is 12.0. The lowest BCUT2D eigenvalue weighted by atomic mass is 10.1. The fourth-order valence-corrected chi connectivity index (χ4v) is 3.65. The molecule has 2 heterocycles. The first-order valence-electron chi connectivity index (χ1n) is 9.35. The van der Waals surface area contributed by atoms with Gasteiger partial charge in [0, 0.05) is 25.2 Å². The SMILES string of the molecule is COc1ccc(F)cc1CN1CC(C(=O)N2CCOCC2)Oc2ccccc21. The molecule has 0 aliphatic carbocycles. The molecule has 0 N–H and O–H groups in total. The van der Waals surface area contributed by atoms with Gasteiger partial charge >= 0.3 is 0 Å². The predicted octanol–water partition coefficient (Wildman–Crippen LogP) is 2.46. The maximum atomic E-state index is 13.8. The molecule has 0 saturated carbocycles. The molecule has 6 nitrogen and oxygen atoms in total. The molecule has 0 radical (unpaired) electrons. The largest absolute Gasteiger partial charge is 0.496 e. The fraction of sp³-hybridized carbons (Fsp3) is 0.381. The zero-order valence-corrected chi connectivity index (χ0v) is 15.8. The summed E-state index contributed by atoms with van der Waals surface area (Å²) in [5.41, 5.74) is 1.59. The number of morpholine rings is 1. The Morgan fingerprint density at radius 3 is 2.79 bits per heavy atom. The number of halogens is 1. The average molecular weight is 386 g/mol. The van der Waals surface area contributed by atoms with Crippen LogP contribution in [0.1, 0.15) is 5.56 Å². The molecule has 0 aromatic heterocycles. The fourth-order valence-electron chi connectivity index (χ4n) is 3.65. The maximum absolute atomic E-state index is 13.8. The Bertz CT molecular complexity index is 854. The van der Waals surface area contributed by atoms with Gasteiger partial charge in [-0.25, -0.2) is 4.39 Å². The number of fused-ring (bicyclic) bond motifs is 1. The van der Waals surface area contributed by atoms with E-state index in [1.54, 1.807) is 18.1 Å². The molecule has 7 heteroatoms. The second kappa shape index (κ2) is 8.06. The summed E-state index contributed by atoms with van der Waals surface area (Å²) in [5.74, 6) is 0.893. The molecule has 1 atom stereocenters. The summed E-state index contributed by atoms with van der Waals surface area (Å²) in [6.45, 7) is 3.01. The van der Waals surface area contributed by atoms with E-state index in [1.165, 1.54) is 12.1 Å². The summed E-state index contributed by atoms with van der Waals surface area (Å²) < 4.78 is 30.5. The van der Waals surface area contributed by atoms with Crippen molar-refractivity contribution in [3.63, 3.8) is 0 Å². The first-order valence-corrected chi connectivity index (χ1v) is 9.35. The summed E-state index contributed by atoms with van der Waals surface area (Å²) in [5, 5.41) is 0. The Morgan fingerprint density at radius 1 is 1.21 bits per heavy atom. The zero-order chi connectivity index (χ0) is 19.5. The van der Waals surface area contributed by atoms with Gasteiger partial charge in [-0.15, -0.1) is 0 Å². The summed E-state index contributed by atoms with van der Waals surface area (Å²) in [6.07, 6.45) is -0.618. The number of nitrogens with zero attached hydrogens (tertiary/aromatic N) is 2. The van der Waals surface area contributed by atoms with Gasteiger partial charge in [-0.2, -0.15) is 0 Å². The minimum Gasteiger partial charge on any atom is -0.496 e. The van der Waals surface area contributed by atoms with Crippen molar-refractivity contribution in [3.8, 4) is 11.5 Å². The minimum absolute atomic E-state index is 0.0472. The Labute approximate surface area is 163 Å². The highest BCUT2D eigenvalue weighted by Gasteiger charge is 2.34. The van der Waals surface area contributed by atoms with Gasteiger partial charge in [0.1, 0.15) is 17.3 Å². The first-order chi connectivity index (χ1) is 13.7. The summed E-state index contributed by atoms with van der Waals surface area (Å²) in [4.78, 5) is 16.8. The third-order valence-electron chi connectivity index (χ3n) is 5.06. The average Bonchev–Trinajstić information content (AvgIpc) is 2.74. The van der Waals surface area contributed by atoms with E-state index in [9.17, 15) is 9.18 Å². The van der Waals surface area contributed by atoms with Crippen LogP contribution in [-0.4, -0.2) is 56.9 Å². The molecule has 1 saturated heterocycles. The Balaban J connectivity index is 1.60. The van der Waals surface area contributed by atoms with E-state index in [2.05, 4.69) is 0 Å². The molecule has 2 aliphatic heterocycles. The van der Waals surface area contributed by atoms with Gasteiger partial charge in [0.15, 0.2) is 6.10 Å². The number of hydrogen-bond acceptors (Lipinski definition) is 5. The molecule has 1 amide bonds.